The number of aromatic amines is 1. The Labute approximate surface area is 225 Å². The van der Waals surface area contributed by atoms with Crippen LogP contribution in [0.2, 0.25) is 5.02 Å². The van der Waals surface area contributed by atoms with Crippen molar-refractivity contribution in [2.45, 2.75) is 39.3 Å². The zero-order valence-corrected chi connectivity index (χ0v) is 21.7. The highest BCUT2D eigenvalue weighted by Gasteiger charge is 2.14. The van der Waals surface area contributed by atoms with Crippen LogP contribution >= 0.6 is 11.6 Å². The van der Waals surface area contributed by atoms with Crippen molar-refractivity contribution in [3.63, 3.8) is 0 Å². The average Bonchev–Trinajstić information content (AvgIpc) is 3.49. The van der Waals surface area contributed by atoms with Crippen molar-refractivity contribution in [2.24, 2.45) is 0 Å². The first-order chi connectivity index (χ1) is 18.6. The fraction of sp³-hybridized carbons (Fsp3) is 0.207. The van der Waals surface area contributed by atoms with E-state index < -0.39 is 0 Å². The maximum Gasteiger partial charge on any atom is 0.261 e. The first-order valence-corrected chi connectivity index (χ1v) is 12.9. The highest BCUT2D eigenvalue weighted by atomic mass is 35.5. The molecule has 1 N–H and O–H groups in total. The summed E-state index contributed by atoms with van der Waals surface area (Å²) in [6, 6.07) is 23.0. The van der Waals surface area contributed by atoms with E-state index in [9.17, 15) is 4.79 Å². The number of nitrogens with one attached hydrogen (secondary N) is 1. The smallest absolute Gasteiger partial charge is 0.261 e. The monoisotopic (exact) mass is 526 g/mol. The molecular formula is C29H27ClN6O2. The van der Waals surface area contributed by atoms with Crippen LogP contribution in [0.25, 0.3) is 22.5 Å². The second-order valence-electron chi connectivity index (χ2n) is 8.94. The number of benzene rings is 3. The molecule has 5 aromatic rings. The number of unbranched alkanes of at least 4 members (excludes halogenated alkanes) is 1. The Kier molecular flexibility index (Phi) is 7.89. The molecule has 0 unspecified atom stereocenters. The van der Waals surface area contributed by atoms with Gasteiger partial charge >= 0.3 is 0 Å². The molecule has 192 valence electrons. The molecule has 0 aliphatic carbocycles. The van der Waals surface area contributed by atoms with Crippen LogP contribution in [0.4, 0.5) is 0 Å². The van der Waals surface area contributed by atoms with Crippen LogP contribution in [0.1, 0.15) is 36.7 Å². The molecule has 0 saturated carbocycles. The van der Waals surface area contributed by atoms with E-state index in [2.05, 4.69) is 32.5 Å². The number of halogens is 1. The summed E-state index contributed by atoms with van der Waals surface area (Å²) >= 11 is 6.39. The number of rotatable bonds is 10. The van der Waals surface area contributed by atoms with Crippen LogP contribution in [0.5, 0.6) is 5.75 Å². The minimum Gasteiger partial charge on any atom is -0.489 e. The Balaban J connectivity index is 1.31. The normalized spacial score (nSPS) is 11.0. The number of tetrazole rings is 1. The lowest BCUT2D eigenvalue weighted by molar-refractivity contribution is 0.306. The highest BCUT2D eigenvalue weighted by molar-refractivity contribution is 6.33. The second kappa shape index (κ2) is 11.8. The van der Waals surface area contributed by atoms with E-state index in [0.717, 1.165) is 47.5 Å². The molecule has 0 amide bonds. The summed E-state index contributed by atoms with van der Waals surface area (Å²) in [7, 11) is 0. The molecule has 2 heterocycles. The van der Waals surface area contributed by atoms with Crippen molar-refractivity contribution in [2.75, 3.05) is 0 Å². The molecule has 0 aliphatic rings. The molecule has 0 saturated heterocycles. The lowest BCUT2D eigenvalue weighted by Crippen LogP contribution is -2.27. The fourth-order valence-electron chi connectivity index (χ4n) is 4.17. The van der Waals surface area contributed by atoms with Crippen molar-refractivity contribution in [1.82, 2.24) is 30.2 Å². The predicted molar refractivity (Wildman–Crippen MR) is 147 cm³/mol. The van der Waals surface area contributed by atoms with E-state index in [-0.39, 0.29) is 5.56 Å². The summed E-state index contributed by atoms with van der Waals surface area (Å²) in [6.45, 7) is 2.97. The molecule has 0 aliphatic heterocycles. The summed E-state index contributed by atoms with van der Waals surface area (Å²) in [4.78, 5) is 18.2. The van der Waals surface area contributed by atoms with Gasteiger partial charge in [-0.05, 0) is 46.2 Å². The number of hydrogen-bond donors (Lipinski definition) is 1. The van der Waals surface area contributed by atoms with Crippen molar-refractivity contribution in [3.8, 4) is 28.3 Å². The molecule has 0 bridgehead atoms. The number of nitrogens with zero attached hydrogens (tertiary/aromatic N) is 5. The molecule has 8 nitrogen and oxygen atoms in total. The average molecular weight is 527 g/mol. The summed E-state index contributed by atoms with van der Waals surface area (Å²) in [5.41, 5.74) is 4.02. The zero-order valence-electron chi connectivity index (χ0n) is 21.0. The maximum absolute atomic E-state index is 13.6. The number of H-pyrrole nitrogens is 1. The van der Waals surface area contributed by atoms with Crippen LogP contribution in [0, 0.1) is 0 Å². The first-order valence-electron chi connectivity index (χ1n) is 12.5. The summed E-state index contributed by atoms with van der Waals surface area (Å²) in [5, 5.41) is 14.4. The minimum atomic E-state index is -0.0934. The minimum absolute atomic E-state index is 0.0934. The van der Waals surface area contributed by atoms with Gasteiger partial charge in [-0.1, -0.05) is 79.5 Å². The molecule has 9 heteroatoms. The zero-order chi connectivity index (χ0) is 26.3. The van der Waals surface area contributed by atoms with E-state index >= 15 is 0 Å². The molecular weight excluding hydrogens is 500 g/mol. The molecule has 2 aromatic heterocycles. The Bertz CT molecular complexity index is 1550. The van der Waals surface area contributed by atoms with Crippen LogP contribution in [0.15, 0.2) is 83.8 Å². The van der Waals surface area contributed by atoms with E-state index in [0.29, 0.717) is 35.1 Å². The van der Waals surface area contributed by atoms with Crippen molar-refractivity contribution in [1.29, 1.82) is 0 Å². The molecule has 0 fully saturated rings. The van der Waals surface area contributed by atoms with Crippen LogP contribution in [0.3, 0.4) is 0 Å². The number of ether oxygens (including phenoxy) is 1. The van der Waals surface area contributed by atoms with Crippen LogP contribution in [-0.2, 0) is 19.6 Å². The first kappa shape index (κ1) is 25.4. The Morgan fingerprint density at radius 2 is 1.71 bits per heavy atom. The van der Waals surface area contributed by atoms with Gasteiger partial charge in [-0.25, -0.2) is 10.1 Å². The SMILES string of the molecule is CCCCc1ncc(-c2ccccc2Cl)c(=O)n1Cc1ccc(OCc2ccc(-c3nnn[nH]3)cc2)cc1. The lowest BCUT2D eigenvalue weighted by Gasteiger charge is -2.15. The molecule has 5 rings (SSSR count). The van der Waals surface area contributed by atoms with Gasteiger partial charge in [0.2, 0.25) is 0 Å². The van der Waals surface area contributed by atoms with Crippen molar-refractivity contribution < 1.29 is 4.74 Å². The third kappa shape index (κ3) is 5.81. The van der Waals surface area contributed by atoms with Gasteiger partial charge in [0.15, 0.2) is 5.82 Å². The molecule has 3 aromatic carbocycles. The van der Waals surface area contributed by atoms with E-state index in [1.54, 1.807) is 16.8 Å². The van der Waals surface area contributed by atoms with Crippen LogP contribution in [-0.4, -0.2) is 30.2 Å². The van der Waals surface area contributed by atoms with Gasteiger partial charge in [-0.3, -0.25) is 9.36 Å². The molecule has 0 spiro atoms. The molecule has 38 heavy (non-hydrogen) atoms. The standard InChI is InChI=1S/C29H27ClN6O2/c1-2-3-8-27-31-17-25(24-6-4-5-7-26(24)30)29(37)36(27)18-20-11-15-23(16-12-20)38-19-21-9-13-22(14-10-21)28-32-34-35-33-28/h4-7,9-17H,2-3,8,18-19H2,1H3,(H,32,33,34,35). The third-order valence-electron chi connectivity index (χ3n) is 6.29. The van der Waals surface area contributed by atoms with Gasteiger partial charge in [0.05, 0.1) is 12.1 Å². The Hall–Kier alpha value is -4.30. The van der Waals surface area contributed by atoms with E-state index in [1.807, 2.05) is 66.7 Å². The second-order valence-corrected chi connectivity index (χ2v) is 9.35. The highest BCUT2D eigenvalue weighted by Crippen LogP contribution is 2.25. The van der Waals surface area contributed by atoms with Gasteiger partial charge in [-0.2, -0.15) is 0 Å². The fourth-order valence-corrected chi connectivity index (χ4v) is 4.41. The van der Waals surface area contributed by atoms with Gasteiger partial charge < -0.3 is 4.74 Å². The topological polar surface area (TPSA) is 98.6 Å². The van der Waals surface area contributed by atoms with E-state index in [1.165, 1.54) is 0 Å². The predicted octanol–water partition coefficient (Wildman–Crippen LogP) is 5.71. The molecule has 0 atom stereocenters. The maximum atomic E-state index is 13.6. The summed E-state index contributed by atoms with van der Waals surface area (Å²) < 4.78 is 7.73. The Morgan fingerprint density at radius 1 is 0.947 bits per heavy atom. The molecule has 0 radical (unpaired) electrons. The third-order valence-corrected chi connectivity index (χ3v) is 6.62. The lowest BCUT2D eigenvalue weighted by atomic mass is 10.1. The summed E-state index contributed by atoms with van der Waals surface area (Å²) in [6.07, 6.45) is 4.37. The van der Waals surface area contributed by atoms with Gasteiger partial charge in [0.1, 0.15) is 18.2 Å². The number of aryl methyl sites for hydroxylation is 1. The van der Waals surface area contributed by atoms with Gasteiger partial charge in [0, 0.05) is 28.8 Å². The summed E-state index contributed by atoms with van der Waals surface area (Å²) in [5.74, 6) is 2.15. The van der Waals surface area contributed by atoms with Crippen molar-refractivity contribution >= 4 is 11.6 Å². The van der Waals surface area contributed by atoms with E-state index in [4.69, 9.17) is 16.3 Å². The number of aromatic nitrogens is 6. The quantitative estimate of drug-likeness (QED) is 0.250. The van der Waals surface area contributed by atoms with Crippen LogP contribution < -0.4 is 10.3 Å². The van der Waals surface area contributed by atoms with Gasteiger partial charge in [-0.15, -0.1) is 5.10 Å². The Morgan fingerprint density at radius 3 is 2.42 bits per heavy atom. The number of hydrogen-bond acceptors (Lipinski definition) is 6. The van der Waals surface area contributed by atoms with Gasteiger partial charge in [0.25, 0.3) is 5.56 Å². The van der Waals surface area contributed by atoms with Crippen molar-refractivity contribution in [3.05, 3.63) is 111 Å². The largest absolute Gasteiger partial charge is 0.489 e.